The van der Waals surface area contributed by atoms with Gasteiger partial charge in [-0.3, -0.25) is 43.2 Å². The summed E-state index contributed by atoms with van der Waals surface area (Å²) in [5, 5.41) is 56.7. The van der Waals surface area contributed by atoms with Crippen LogP contribution in [0.2, 0.25) is 0 Å². The second kappa shape index (κ2) is 35.7. The average molecular weight is 1500 g/mol. The highest BCUT2D eigenvalue weighted by Gasteiger charge is 2.49. The maximum Gasteiger partial charge on any atom is 0.307 e. The van der Waals surface area contributed by atoms with Gasteiger partial charge in [-0.15, -0.1) is 15.3 Å². The zero-order valence-electron chi connectivity index (χ0n) is 64.3. The van der Waals surface area contributed by atoms with Gasteiger partial charge in [-0.05, 0) is 164 Å². The Labute approximate surface area is 640 Å². The van der Waals surface area contributed by atoms with Crippen molar-refractivity contribution in [3.05, 3.63) is 173 Å². The molecule has 2 aromatic heterocycles. The number of hydrogen-bond acceptors (Lipinski definition) is 18. The predicted molar refractivity (Wildman–Crippen MR) is 413 cm³/mol. The van der Waals surface area contributed by atoms with Gasteiger partial charge in [0.2, 0.25) is 35.4 Å². The molecule has 8 aromatic rings. The van der Waals surface area contributed by atoms with Crippen LogP contribution >= 0.6 is 0 Å². The number of carbonyl (C=O) groups is 9. The first-order chi connectivity index (χ1) is 52.6. The van der Waals surface area contributed by atoms with E-state index >= 15 is 28.8 Å². The molecule has 6 amide bonds. The fraction of sp³-hybridized carbons (Fsp3) is 0.470. The number of benzene rings is 6. The number of ether oxygens (including phenoxy) is 2. The van der Waals surface area contributed by atoms with Crippen molar-refractivity contribution in [2.75, 3.05) is 33.8 Å². The maximum atomic E-state index is 15.4. The first-order valence-electron chi connectivity index (χ1n) is 38.1. The number of aliphatic carboxylic acids is 1. The predicted octanol–water partition coefficient (Wildman–Crippen LogP) is 7.52. The average Bonchev–Trinajstić information content (AvgIpc) is 1.61. The molecule has 2 saturated heterocycles. The van der Waals surface area contributed by atoms with Gasteiger partial charge in [0, 0.05) is 38.3 Å². The summed E-state index contributed by atoms with van der Waals surface area (Å²) in [6.45, 7) is 14.8. The van der Waals surface area contributed by atoms with Crippen LogP contribution in [0.15, 0.2) is 140 Å². The summed E-state index contributed by atoms with van der Waals surface area (Å²) in [5.74, 6) is -5.69. The lowest BCUT2D eigenvalue weighted by molar-refractivity contribution is -0.145. The SMILES string of the molecule is CN[C@@H](C)C(=O)N[C@H](C(=O)N1C[C@@H]2C[C@H]1C(=O)NC(Cc1ccc3ccccc3c1)C(=O)C[C@H](C(=O)O)Cc1ccc(cc1)OCCCC[C@H]1C[C@@H](C(=O)N[C@@H](Cc3ccc4ccccc4c3)C(=O)C[C@H](c3nn[nH]n3)Cc3ccc(cc3)OCc3cn2nn3)N(C(=O)[C@@H](NC(=O)[C@H](C)NC)C(C)(C)C)C1)C(C)(C)C. The minimum absolute atomic E-state index is 0.00227. The number of aromatic nitrogens is 7. The van der Waals surface area contributed by atoms with E-state index in [1.807, 2.05) is 139 Å². The third kappa shape index (κ3) is 20.4. The molecule has 8 N–H and O–H groups in total. The largest absolute Gasteiger partial charge is 0.494 e. The molecule has 6 aliphatic heterocycles. The Morgan fingerprint density at radius 3 is 1.62 bits per heavy atom. The Kier molecular flexibility index (Phi) is 26.0. The molecule has 1 unspecified atom stereocenters. The third-order valence-electron chi connectivity index (χ3n) is 21.6. The molecule has 27 heteroatoms. The number of H-pyrrole nitrogens is 1. The number of likely N-dealkylation sites (N-methyl/N-ethyl adjacent to an activating group) is 2. The zero-order valence-corrected chi connectivity index (χ0v) is 64.3. The summed E-state index contributed by atoms with van der Waals surface area (Å²) in [4.78, 5) is 135. The first kappa shape index (κ1) is 80.2. The molecule has 110 heavy (non-hydrogen) atoms. The highest BCUT2D eigenvalue weighted by molar-refractivity contribution is 5.98. The summed E-state index contributed by atoms with van der Waals surface area (Å²) in [6, 6.07) is 32.9. The van der Waals surface area contributed by atoms with Crippen molar-refractivity contribution < 1.29 is 57.7 Å². The van der Waals surface area contributed by atoms with Gasteiger partial charge in [0.25, 0.3) is 0 Å². The highest BCUT2D eigenvalue weighted by Crippen LogP contribution is 2.35. The van der Waals surface area contributed by atoms with Crippen molar-refractivity contribution in [3.8, 4) is 11.5 Å². The number of nitrogens with one attached hydrogen (secondary N) is 7. The summed E-state index contributed by atoms with van der Waals surface area (Å²) in [7, 11) is 3.29. The summed E-state index contributed by atoms with van der Waals surface area (Å²) in [6.07, 6.45) is 3.62. The van der Waals surface area contributed by atoms with Gasteiger partial charge in [-0.25, -0.2) is 4.68 Å². The number of fused-ring (bicyclic) bond motifs is 2. The van der Waals surface area contributed by atoms with E-state index in [0.29, 0.717) is 54.2 Å². The van der Waals surface area contributed by atoms with Crippen molar-refractivity contribution in [1.29, 1.82) is 0 Å². The number of carboxylic acids is 1. The minimum Gasteiger partial charge on any atom is -0.494 e. The topological polar surface area (TPSA) is 356 Å². The van der Waals surface area contributed by atoms with E-state index < -0.39 is 125 Å². The highest BCUT2D eigenvalue weighted by atomic mass is 16.5. The standard InChI is InChI=1S/C83H103N15O12/c1-49(84-9)75(101)88-72(82(3,4)5)79(105)96-45-55-17-15-16-34-109-64-30-24-52(25-31-64)36-61(81(107)108)43-71(100)67(40-54-23-29-57-19-12-14-21-59(57)38-54)87-78(104)69-44-63(47-97(69)80(106)73(83(6,7)8)89-76(102)50(2)85-10)98-46-62(90-95-98)48-110-65-32-26-51(27-33-65)35-60(74-91-93-94-92-74)42-70(99)66(86-77(103)68(96)41-55)39-53-22-28-56-18-11-13-20-58(56)37-53/h11-14,18-33,37-38,46,49-50,55,60-61,63,66-69,72-73,84-85H,15-17,34-36,39-45,47-48H2,1-10H3,(H,86,103)(H,87,104)(H,88,101)(H,89,102)(H,107,108)(H,91,92,93,94)/t49-,50-,55-,60+,61+,63-,66-,67?,68-,69-,72+,73+/m0/s1. The Morgan fingerprint density at radius 1 is 0.591 bits per heavy atom. The molecule has 27 nitrogen and oxygen atoms in total. The van der Waals surface area contributed by atoms with Crippen LogP contribution < -0.4 is 41.4 Å². The molecule has 582 valence electrons. The number of aromatic amines is 1. The molecule has 6 aliphatic rings. The fourth-order valence-electron chi connectivity index (χ4n) is 14.8. The number of ketones is 2. The molecule has 6 aromatic carbocycles. The number of Topliss-reactive ketones (excluding diaryl/α,β-unsaturated/α-hetero) is 2. The number of carbonyl (C=O) groups excluding carboxylic acids is 8. The first-order valence-corrected chi connectivity index (χ1v) is 38.1. The number of carboxylic acid groups (broad SMARTS) is 1. The second-order valence-corrected chi connectivity index (χ2v) is 31.9. The van der Waals surface area contributed by atoms with Crippen LogP contribution in [0.5, 0.6) is 11.5 Å². The molecule has 12 atom stereocenters. The third-order valence-corrected chi connectivity index (χ3v) is 21.6. The van der Waals surface area contributed by atoms with E-state index in [4.69, 9.17) is 9.47 Å². The van der Waals surface area contributed by atoms with Crippen LogP contribution in [-0.2, 0) is 75.4 Å². The molecule has 10 bridgehead atoms. The molecule has 0 spiro atoms. The minimum atomic E-state index is -1.25. The van der Waals surface area contributed by atoms with Gasteiger partial charge < -0.3 is 56.3 Å². The van der Waals surface area contributed by atoms with E-state index in [2.05, 4.69) is 62.8 Å². The maximum absolute atomic E-state index is 15.4. The van der Waals surface area contributed by atoms with Gasteiger partial charge in [0.05, 0.1) is 48.9 Å². The van der Waals surface area contributed by atoms with Gasteiger partial charge in [-0.2, -0.15) is 5.21 Å². The van der Waals surface area contributed by atoms with Crippen molar-refractivity contribution in [3.63, 3.8) is 0 Å². The molecule has 0 saturated carbocycles. The number of rotatable bonds is 14. The lowest BCUT2D eigenvalue weighted by atomic mass is 9.85. The monoisotopic (exact) mass is 1500 g/mol. The van der Waals surface area contributed by atoms with E-state index in [0.717, 1.165) is 32.7 Å². The number of tetrazole rings is 1. The van der Waals surface area contributed by atoms with Crippen LogP contribution in [0.3, 0.4) is 0 Å². The van der Waals surface area contributed by atoms with Crippen LogP contribution in [0.4, 0.5) is 0 Å². The molecular weight excluding hydrogens is 1400 g/mol. The Morgan fingerprint density at radius 2 is 1.10 bits per heavy atom. The molecule has 0 aliphatic carbocycles. The number of nitrogens with zero attached hydrogens (tertiary/aromatic N) is 8. The van der Waals surface area contributed by atoms with Crippen molar-refractivity contribution in [2.45, 2.75) is 193 Å². The Bertz CT molecular complexity index is 4570. The summed E-state index contributed by atoms with van der Waals surface area (Å²) in [5.41, 5.74) is 1.71. The van der Waals surface area contributed by atoms with Gasteiger partial charge in [0.15, 0.2) is 17.4 Å². The van der Waals surface area contributed by atoms with Crippen molar-refractivity contribution >= 4 is 74.5 Å². The smallest absolute Gasteiger partial charge is 0.307 e. The Balaban J connectivity index is 0.906. The molecule has 14 rings (SSSR count). The Hall–Kier alpha value is -10.8. The quantitative estimate of drug-likeness (QED) is 0.0521. The summed E-state index contributed by atoms with van der Waals surface area (Å²) >= 11 is 0. The number of likely N-dealkylation sites (tertiary alicyclic amines) is 2. The number of amides is 6. The number of hydrogen-bond donors (Lipinski definition) is 8. The zero-order chi connectivity index (χ0) is 78.6. The molecular formula is C83H103N15O12. The molecule has 8 heterocycles. The van der Waals surface area contributed by atoms with Gasteiger partial charge in [-0.1, -0.05) is 161 Å². The van der Waals surface area contributed by atoms with Crippen molar-refractivity contribution in [1.82, 2.24) is 77.3 Å². The van der Waals surface area contributed by atoms with E-state index in [1.54, 1.807) is 80.1 Å². The lowest BCUT2D eigenvalue weighted by Crippen LogP contribution is -2.60. The van der Waals surface area contributed by atoms with E-state index in [-0.39, 0.29) is 88.1 Å². The lowest BCUT2D eigenvalue weighted by Gasteiger charge is -2.36. The van der Waals surface area contributed by atoms with E-state index in [1.165, 1.54) is 4.90 Å². The molecule has 2 fully saturated rings. The van der Waals surface area contributed by atoms with Crippen LogP contribution in [0, 0.1) is 22.7 Å². The van der Waals surface area contributed by atoms with Crippen molar-refractivity contribution in [2.24, 2.45) is 22.7 Å². The van der Waals surface area contributed by atoms with Crippen LogP contribution in [0.25, 0.3) is 21.5 Å². The fourth-order valence-corrected chi connectivity index (χ4v) is 14.8. The van der Waals surface area contributed by atoms with Crippen LogP contribution in [0.1, 0.15) is 146 Å². The van der Waals surface area contributed by atoms with Crippen LogP contribution in [-0.4, -0.2) is 186 Å². The van der Waals surface area contributed by atoms with Gasteiger partial charge in [0.1, 0.15) is 48.0 Å². The van der Waals surface area contributed by atoms with E-state index in [9.17, 15) is 19.5 Å². The van der Waals surface area contributed by atoms with Gasteiger partial charge >= 0.3 is 5.97 Å². The second-order valence-electron chi connectivity index (χ2n) is 31.9. The molecule has 0 radical (unpaired) electrons. The normalized spacial score (nSPS) is 22.2. The summed E-state index contributed by atoms with van der Waals surface area (Å²) < 4.78 is 14.1.